The molecule has 0 amide bonds. The molecular weight excluding hydrogens is 283 g/mol. The number of hydrogen-bond acceptors (Lipinski definition) is 2. The third kappa shape index (κ3) is 3.72. The lowest BCUT2D eigenvalue weighted by Crippen LogP contribution is -2.14. The van der Waals surface area contributed by atoms with E-state index in [1.807, 2.05) is 11.8 Å². The molecule has 1 N–H and O–H groups in total. The van der Waals surface area contributed by atoms with Gasteiger partial charge < -0.3 is 5.32 Å². The molecule has 6 heteroatoms. The zero-order valence-corrected chi connectivity index (χ0v) is 11.1. The number of alkyl halides is 3. The Balaban J connectivity index is 2.05. The van der Waals surface area contributed by atoms with E-state index >= 15 is 0 Å². The first-order chi connectivity index (χ1) is 8.45. The lowest BCUT2D eigenvalue weighted by Gasteiger charge is -2.14. The number of thioether (sulfide) groups is 1. The van der Waals surface area contributed by atoms with Crippen molar-refractivity contribution in [3.8, 4) is 0 Å². The Bertz CT molecular complexity index is 416. The molecule has 1 aromatic carbocycles. The standard InChI is InChI=1S/C12H13ClF3NS/c13-10-3-9(12(14,15)16)4-11(5-10)17-6-8-1-2-18-7-8/h3-5,8,17H,1-2,6-7H2. The van der Waals surface area contributed by atoms with Gasteiger partial charge in [0.2, 0.25) is 0 Å². The maximum atomic E-state index is 12.6. The van der Waals surface area contributed by atoms with Crippen LogP contribution >= 0.6 is 23.4 Å². The van der Waals surface area contributed by atoms with E-state index in [4.69, 9.17) is 11.6 Å². The van der Waals surface area contributed by atoms with Gasteiger partial charge in [-0.15, -0.1) is 0 Å². The van der Waals surface area contributed by atoms with E-state index in [-0.39, 0.29) is 5.02 Å². The van der Waals surface area contributed by atoms with Crippen molar-refractivity contribution in [3.63, 3.8) is 0 Å². The zero-order valence-electron chi connectivity index (χ0n) is 9.56. The molecule has 0 aromatic heterocycles. The number of hydrogen-bond donors (Lipinski definition) is 1. The van der Waals surface area contributed by atoms with Gasteiger partial charge in [0.25, 0.3) is 0 Å². The molecular formula is C12H13ClF3NS. The summed E-state index contributed by atoms with van der Waals surface area (Å²) in [5.74, 6) is 2.73. The molecule has 0 bridgehead atoms. The van der Waals surface area contributed by atoms with Crippen LogP contribution in [0.3, 0.4) is 0 Å². The van der Waals surface area contributed by atoms with Crippen LogP contribution in [-0.2, 0) is 6.18 Å². The summed E-state index contributed by atoms with van der Waals surface area (Å²) in [6, 6.07) is 3.57. The zero-order chi connectivity index (χ0) is 13.2. The highest BCUT2D eigenvalue weighted by Crippen LogP contribution is 2.33. The molecule has 1 atom stereocenters. The Morgan fingerprint density at radius 2 is 2.11 bits per heavy atom. The summed E-state index contributed by atoms with van der Waals surface area (Å²) in [7, 11) is 0. The van der Waals surface area contributed by atoms with E-state index < -0.39 is 11.7 Å². The highest BCUT2D eigenvalue weighted by atomic mass is 35.5. The van der Waals surface area contributed by atoms with Crippen LogP contribution in [0, 0.1) is 5.92 Å². The van der Waals surface area contributed by atoms with Crippen LogP contribution < -0.4 is 5.32 Å². The first kappa shape index (κ1) is 13.9. The molecule has 1 aliphatic rings. The fourth-order valence-corrected chi connectivity index (χ4v) is 3.38. The fraction of sp³-hybridized carbons (Fsp3) is 0.500. The first-order valence-corrected chi connectivity index (χ1v) is 7.18. The van der Waals surface area contributed by atoms with Crippen molar-refractivity contribution in [1.82, 2.24) is 0 Å². The van der Waals surface area contributed by atoms with Gasteiger partial charge in [-0.05, 0) is 42.0 Å². The van der Waals surface area contributed by atoms with Gasteiger partial charge in [-0.25, -0.2) is 0 Å². The molecule has 18 heavy (non-hydrogen) atoms. The van der Waals surface area contributed by atoms with Crippen LogP contribution in [0.15, 0.2) is 18.2 Å². The number of halogens is 4. The molecule has 1 aliphatic heterocycles. The van der Waals surface area contributed by atoms with Crippen LogP contribution in [0.2, 0.25) is 5.02 Å². The lowest BCUT2D eigenvalue weighted by molar-refractivity contribution is -0.137. The van der Waals surface area contributed by atoms with Crippen LogP contribution in [0.25, 0.3) is 0 Å². The van der Waals surface area contributed by atoms with Crippen molar-refractivity contribution in [3.05, 3.63) is 28.8 Å². The Labute approximate surface area is 113 Å². The second kappa shape index (κ2) is 5.61. The van der Waals surface area contributed by atoms with Gasteiger partial charge in [-0.1, -0.05) is 11.6 Å². The van der Waals surface area contributed by atoms with Gasteiger partial charge in [0.05, 0.1) is 5.56 Å². The van der Waals surface area contributed by atoms with E-state index in [9.17, 15) is 13.2 Å². The number of nitrogens with one attached hydrogen (secondary N) is 1. The molecule has 1 fully saturated rings. The largest absolute Gasteiger partial charge is 0.416 e. The Hall–Kier alpha value is -0.550. The molecule has 0 aliphatic carbocycles. The molecule has 100 valence electrons. The summed E-state index contributed by atoms with van der Waals surface area (Å²) in [4.78, 5) is 0. The molecule has 1 heterocycles. The number of rotatable bonds is 3. The molecule has 0 saturated carbocycles. The second-order valence-corrected chi connectivity index (χ2v) is 5.92. The molecule has 0 spiro atoms. The monoisotopic (exact) mass is 295 g/mol. The SMILES string of the molecule is FC(F)(F)c1cc(Cl)cc(NCC2CCSC2)c1. The summed E-state index contributed by atoms with van der Waals surface area (Å²) in [5, 5.41) is 3.15. The highest BCUT2D eigenvalue weighted by Gasteiger charge is 2.31. The predicted octanol–water partition coefficient (Wildman–Crippen LogP) is 4.52. The average Bonchev–Trinajstić information content (AvgIpc) is 2.77. The van der Waals surface area contributed by atoms with Crippen LogP contribution in [-0.4, -0.2) is 18.1 Å². The van der Waals surface area contributed by atoms with Crippen molar-refractivity contribution in [2.75, 3.05) is 23.4 Å². The third-order valence-electron chi connectivity index (χ3n) is 2.84. The normalized spacial score (nSPS) is 20.1. The summed E-state index contributed by atoms with van der Waals surface area (Å²) in [6.45, 7) is 0.699. The van der Waals surface area contributed by atoms with Crippen LogP contribution in [0.4, 0.5) is 18.9 Å². The summed E-state index contributed by atoms with van der Waals surface area (Å²) in [6.07, 6.45) is -3.24. The van der Waals surface area contributed by atoms with Crippen molar-refractivity contribution < 1.29 is 13.2 Å². The van der Waals surface area contributed by atoms with Gasteiger partial charge >= 0.3 is 6.18 Å². The molecule has 1 saturated heterocycles. The van der Waals surface area contributed by atoms with E-state index in [0.29, 0.717) is 18.2 Å². The summed E-state index contributed by atoms with van der Waals surface area (Å²) < 4.78 is 37.8. The summed E-state index contributed by atoms with van der Waals surface area (Å²) in [5.41, 5.74) is -0.273. The molecule has 1 unspecified atom stereocenters. The van der Waals surface area contributed by atoms with E-state index in [1.165, 1.54) is 6.07 Å². The Kier molecular flexibility index (Phi) is 4.33. The predicted molar refractivity (Wildman–Crippen MR) is 70.4 cm³/mol. The minimum atomic E-state index is -4.36. The molecule has 1 aromatic rings. The average molecular weight is 296 g/mol. The highest BCUT2D eigenvalue weighted by molar-refractivity contribution is 7.99. The molecule has 1 nitrogen and oxygen atoms in total. The Morgan fingerprint density at radius 1 is 1.33 bits per heavy atom. The van der Waals surface area contributed by atoms with Gasteiger partial charge in [-0.3, -0.25) is 0 Å². The lowest BCUT2D eigenvalue weighted by atomic mass is 10.1. The van der Waals surface area contributed by atoms with E-state index in [0.717, 1.165) is 30.1 Å². The van der Waals surface area contributed by atoms with Crippen molar-refractivity contribution in [2.24, 2.45) is 5.92 Å². The molecule has 2 rings (SSSR count). The van der Waals surface area contributed by atoms with Crippen LogP contribution in [0.5, 0.6) is 0 Å². The maximum Gasteiger partial charge on any atom is 0.416 e. The number of benzene rings is 1. The number of anilines is 1. The maximum absolute atomic E-state index is 12.6. The van der Waals surface area contributed by atoms with Gasteiger partial charge in [-0.2, -0.15) is 24.9 Å². The summed E-state index contributed by atoms with van der Waals surface area (Å²) >= 11 is 7.59. The fourth-order valence-electron chi connectivity index (χ4n) is 1.86. The van der Waals surface area contributed by atoms with Gasteiger partial charge in [0, 0.05) is 17.3 Å². The van der Waals surface area contributed by atoms with Crippen LogP contribution in [0.1, 0.15) is 12.0 Å². The van der Waals surface area contributed by atoms with Gasteiger partial charge in [0.1, 0.15) is 0 Å². The third-order valence-corrected chi connectivity index (χ3v) is 4.29. The Morgan fingerprint density at radius 3 is 2.72 bits per heavy atom. The van der Waals surface area contributed by atoms with Crippen molar-refractivity contribution in [1.29, 1.82) is 0 Å². The van der Waals surface area contributed by atoms with Crippen molar-refractivity contribution >= 4 is 29.1 Å². The van der Waals surface area contributed by atoms with E-state index in [1.54, 1.807) is 0 Å². The van der Waals surface area contributed by atoms with Crippen molar-refractivity contribution in [2.45, 2.75) is 12.6 Å². The second-order valence-electron chi connectivity index (χ2n) is 4.34. The quantitative estimate of drug-likeness (QED) is 0.879. The van der Waals surface area contributed by atoms with Gasteiger partial charge in [0.15, 0.2) is 0 Å². The smallest absolute Gasteiger partial charge is 0.385 e. The molecule has 0 radical (unpaired) electrons. The van der Waals surface area contributed by atoms with E-state index in [2.05, 4.69) is 5.32 Å². The first-order valence-electron chi connectivity index (χ1n) is 5.64. The minimum absolute atomic E-state index is 0.105. The minimum Gasteiger partial charge on any atom is -0.385 e. The topological polar surface area (TPSA) is 12.0 Å².